The van der Waals surface area contributed by atoms with Crippen LogP contribution in [0.15, 0.2) is 91.1 Å². The summed E-state index contributed by atoms with van der Waals surface area (Å²) in [5.74, 6) is -0.173. The predicted octanol–water partition coefficient (Wildman–Crippen LogP) is 4.68. The fourth-order valence-corrected chi connectivity index (χ4v) is 3.64. The number of carbonyl (C=O) groups excluding carboxylic acids is 2. The molecule has 35 heavy (non-hydrogen) atoms. The molecule has 0 aliphatic rings. The van der Waals surface area contributed by atoms with Crippen molar-refractivity contribution in [1.29, 1.82) is 0 Å². The van der Waals surface area contributed by atoms with Gasteiger partial charge in [0.15, 0.2) is 0 Å². The summed E-state index contributed by atoms with van der Waals surface area (Å²) in [5.41, 5.74) is 5.16. The lowest BCUT2D eigenvalue weighted by atomic mass is 10.1. The first-order valence-corrected chi connectivity index (χ1v) is 11.6. The molecule has 0 fully saturated rings. The third kappa shape index (κ3) is 6.35. The van der Waals surface area contributed by atoms with Crippen molar-refractivity contribution >= 4 is 11.9 Å². The topological polar surface area (TPSA) is 88.0 Å². The Morgan fingerprint density at radius 3 is 2.14 bits per heavy atom. The summed E-state index contributed by atoms with van der Waals surface area (Å²) in [5, 5.41) is 13.4. The van der Waals surface area contributed by atoms with Crippen LogP contribution in [0.3, 0.4) is 0 Å². The van der Waals surface area contributed by atoms with Crippen LogP contribution in [0.1, 0.15) is 35.3 Å². The first-order valence-electron chi connectivity index (χ1n) is 11.6. The fourth-order valence-electron chi connectivity index (χ4n) is 3.64. The number of nitrogens with zero attached hydrogens (tertiary/aromatic N) is 2. The van der Waals surface area contributed by atoms with E-state index in [-0.39, 0.29) is 18.0 Å². The molecule has 0 saturated heterocycles. The number of amides is 3. The Bertz CT molecular complexity index is 1270. The van der Waals surface area contributed by atoms with E-state index >= 15 is 0 Å². The quantitative estimate of drug-likeness (QED) is 0.352. The van der Waals surface area contributed by atoms with Crippen molar-refractivity contribution in [3.8, 4) is 16.9 Å². The molecule has 4 aromatic rings. The van der Waals surface area contributed by atoms with Gasteiger partial charge < -0.3 is 16.0 Å². The Kier molecular flexibility index (Phi) is 7.57. The van der Waals surface area contributed by atoms with Crippen LogP contribution in [-0.2, 0) is 13.1 Å². The minimum absolute atomic E-state index is 0.0725. The number of nitrogens with one attached hydrogen (secondary N) is 3. The highest BCUT2D eigenvalue weighted by atomic mass is 16.2. The molecule has 3 aromatic carbocycles. The smallest absolute Gasteiger partial charge is 0.315 e. The van der Waals surface area contributed by atoms with Gasteiger partial charge in [0.1, 0.15) is 0 Å². The molecule has 0 saturated carbocycles. The van der Waals surface area contributed by atoms with Crippen molar-refractivity contribution in [2.24, 2.45) is 0 Å². The van der Waals surface area contributed by atoms with Gasteiger partial charge in [0.05, 0.1) is 11.4 Å². The Balaban J connectivity index is 1.44. The predicted molar refractivity (Wildman–Crippen MR) is 137 cm³/mol. The van der Waals surface area contributed by atoms with Gasteiger partial charge in [0.2, 0.25) is 0 Å². The molecule has 3 N–H and O–H groups in total. The van der Waals surface area contributed by atoms with Crippen molar-refractivity contribution in [2.45, 2.75) is 33.0 Å². The van der Waals surface area contributed by atoms with Gasteiger partial charge in [-0.05, 0) is 43.7 Å². The maximum atomic E-state index is 12.8. The normalized spacial score (nSPS) is 10.7. The van der Waals surface area contributed by atoms with E-state index in [1.807, 2.05) is 97.5 Å². The Labute approximate surface area is 205 Å². The number of hydrogen-bond acceptors (Lipinski definition) is 3. The van der Waals surface area contributed by atoms with Gasteiger partial charge in [-0.15, -0.1) is 0 Å². The van der Waals surface area contributed by atoms with E-state index in [4.69, 9.17) is 5.10 Å². The minimum atomic E-state index is -0.216. The van der Waals surface area contributed by atoms with Gasteiger partial charge in [-0.1, -0.05) is 60.7 Å². The summed E-state index contributed by atoms with van der Waals surface area (Å²) in [6.45, 7) is 4.54. The van der Waals surface area contributed by atoms with Crippen molar-refractivity contribution in [3.63, 3.8) is 0 Å². The van der Waals surface area contributed by atoms with Crippen LogP contribution < -0.4 is 16.0 Å². The molecule has 0 bridgehead atoms. The van der Waals surface area contributed by atoms with E-state index in [0.717, 1.165) is 28.1 Å². The lowest BCUT2D eigenvalue weighted by Crippen LogP contribution is -2.39. The van der Waals surface area contributed by atoms with Crippen molar-refractivity contribution < 1.29 is 9.59 Å². The lowest BCUT2D eigenvalue weighted by molar-refractivity contribution is 0.0951. The van der Waals surface area contributed by atoms with E-state index < -0.39 is 0 Å². The second-order valence-corrected chi connectivity index (χ2v) is 8.51. The zero-order valence-electron chi connectivity index (χ0n) is 19.9. The molecule has 7 nitrogen and oxygen atoms in total. The summed E-state index contributed by atoms with van der Waals surface area (Å²) in [6.07, 6.45) is 1.95. The first-order chi connectivity index (χ1) is 17.0. The van der Waals surface area contributed by atoms with Gasteiger partial charge in [0, 0.05) is 42.0 Å². The van der Waals surface area contributed by atoms with Crippen molar-refractivity contribution in [3.05, 3.63) is 108 Å². The highest BCUT2D eigenvalue weighted by molar-refractivity contribution is 5.94. The Hall–Kier alpha value is -4.39. The lowest BCUT2D eigenvalue weighted by Gasteiger charge is -2.10. The molecule has 0 unspecified atom stereocenters. The summed E-state index contributed by atoms with van der Waals surface area (Å²) >= 11 is 0. The molecule has 3 amide bonds. The number of benzene rings is 3. The monoisotopic (exact) mass is 467 g/mol. The molecule has 7 heteroatoms. The number of urea groups is 1. The number of aromatic nitrogens is 2. The summed E-state index contributed by atoms with van der Waals surface area (Å²) in [6, 6.07) is 26.9. The summed E-state index contributed by atoms with van der Waals surface area (Å²) < 4.78 is 1.83. The maximum absolute atomic E-state index is 12.8. The molecule has 0 spiro atoms. The standard InChI is InChI=1S/C28H29N5O2/c1-20(2)31-28(35)30-17-21-13-15-23(16-14-21)27(34)29-18-24-19-33(25-11-7-4-8-12-25)32-26(24)22-9-5-3-6-10-22/h3-16,19-20H,17-18H2,1-2H3,(H,29,34)(H2,30,31,35). The van der Waals surface area contributed by atoms with Gasteiger partial charge in [-0.3, -0.25) is 4.79 Å². The van der Waals surface area contributed by atoms with Crippen LogP contribution in [0.5, 0.6) is 0 Å². The summed E-state index contributed by atoms with van der Waals surface area (Å²) in [4.78, 5) is 24.6. The third-order valence-electron chi connectivity index (χ3n) is 5.39. The fraction of sp³-hybridized carbons (Fsp3) is 0.179. The molecule has 0 aliphatic carbocycles. The molecule has 4 rings (SSSR count). The van der Waals surface area contributed by atoms with Gasteiger partial charge >= 0.3 is 6.03 Å². The van der Waals surface area contributed by atoms with E-state index in [2.05, 4.69) is 16.0 Å². The zero-order valence-corrected chi connectivity index (χ0v) is 19.9. The van der Waals surface area contributed by atoms with Crippen LogP contribution in [0.4, 0.5) is 4.79 Å². The number of rotatable bonds is 8. The molecular formula is C28H29N5O2. The molecular weight excluding hydrogens is 438 g/mol. The van der Waals surface area contributed by atoms with Crippen molar-refractivity contribution in [1.82, 2.24) is 25.7 Å². The third-order valence-corrected chi connectivity index (χ3v) is 5.39. The minimum Gasteiger partial charge on any atom is -0.348 e. The molecule has 1 heterocycles. The van der Waals surface area contributed by atoms with Gasteiger partial charge in [-0.25, -0.2) is 9.48 Å². The van der Waals surface area contributed by atoms with Crippen LogP contribution in [-0.4, -0.2) is 27.8 Å². The van der Waals surface area contributed by atoms with E-state index in [1.54, 1.807) is 12.1 Å². The van der Waals surface area contributed by atoms with E-state index in [0.29, 0.717) is 18.7 Å². The molecule has 0 radical (unpaired) electrons. The first kappa shape index (κ1) is 23.8. The molecule has 178 valence electrons. The average Bonchev–Trinajstić information content (AvgIpc) is 3.31. The highest BCUT2D eigenvalue weighted by Crippen LogP contribution is 2.23. The molecule has 0 atom stereocenters. The number of hydrogen-bond donors (Lipinski definition) is 3. The highest BCUT2D eigenvalue weighted by Gasteiger charge is 2.14. The van der Waals surface area contributed by atoms with Gasteiger partial charge in [0.25, 0.3) is 5.91 Å². The zero-order chi connectivity index (χ0) is 24.6. The van der Waals surface area contributed by atoms with Gasteiger partial charge in [-0.2, -0.15) is 5.10 Å². The van der Waals surface area contributed by atoms with E-state index in [1.165, 1.54) is 0 Å². The van der Waals surface area contributed by atoms with Crippen LogP contribution >= 0.6 is 0 Å². The van der Waals surface area contributed by atoms with E-state index in [9.17, 15) is 9.59 Å². The van der Waals surface area contributed by atoms with Crippen LogP contribution in [0, 0.1) is 0 Å². The number of carbonyl (C=O) groups is 2. The molecule has 0 aliphatic heterocycles. The average molecular weight is 468 g/mol. The SMILES string of the molecule is CC(C)NC(=O)NCc1ccc(C(=O)NCc2cn(-c3ccccc3)nc2-c2ccccc2)cc1. The Morgan fingerprint density at radius 2 is 1.49 bits per heavy atom. The second-order valence-electron chi connectivity index (χ2n) is 8.51. The second kappa shape index (κ2) is 11.2. The van der Waals surface area contributed by atoms with Crippen molar-refractivity contribution in [2.75, 3.05) is 0 Å². The van der Waals surface area contributed by atoms with Crippen LogP contribution in [0.2, 0.25) is 0 Å². The largest absolute Gasteiger partial charge is 0.348 e. The number of para-hydroxylation sites is 1. The molecule has 1 aromatic heterocycles. The maximum Gasteiger partial charge on any atom is 0.315 e. The Morgan fingerprint density at radius 1 is 0.829 bits per heavy atom. The summed E-state index contributed by atoms with van der Waals surface area (Å²) in [7, 11) is 0. The van der Waals surface area contributed by atoms with Crippen LogP contribution in [0.25, 0.3) is 16.9 Å².